The zero-order valence-electron chi connectivity index (χ0n) is 24.4. The van der Waals surface area contributed by atoms with Crippen LogP contribution in [0.1, 0.15) is 6.92 Å². The van der Waals surface area contributed by atoms with Gasteiger partial charge in [-0.2, -0.15) is 27.1 Å². The Labute approximate surface area is 328 Å². The SMILES string of the molecule is CC([O-])=Nc1ccc2c([O-])cc(S(=O)(=O)O)c(N=Nc3ccc(N=Nc4ccc(S(=O)(=O)[O-])cc4)cc3S(=O)(=O)O)c2c1.[Na+].[Na+].[Na+]. The van der Waals surface area contributed by atoms with Gasteiger partial charge in [0.15, 0.2) is 0 Å². The third-order valence-corrected chi connectivity index (χ3v) is 8.07. The molecule has 224 valence electrons. The molecule has 4 aromatic carbocycles. The molecule has 0 aromatic heterocycles. The van der Waals surface area contributed by atoms with Crippen LogP contribution in [0.5, 0.6) is 5.75 Å². The minimum Gasteiger partial charge on any atom is -0.872 e. The Morgan fingerprint density at radius 3 is 1.74 bits per heavy atom. The molecule has 0 saturated heterocycles. The van der Waals surface area contributed by atoms with E-state index in [9.17, 15) is 49.1 Å². The zero-order valence-corrected chi connectivity index (χ0v) is 32.8. The standard InChI is InChI=1S/C24H19N5O11S3.3Na/c1-13(30)25-15-4-8-18-19(10-15)24(23(12-21(18)31)43(38,39)40)29-28-20-9-5-16(11-22(20)42(35,36)37)27-26-14-2-6-17(7-3-14)41(32,33)34;;;/h2-12,31H,1H3,(H,25,30)(H,32,33,34)(H,35,36,37)(H,38,39,40);;;/q;3*+1/p-3. The van der Waals surface area contributed by atoms with Gasteiger partial charge in [-0.3, -0.25) is 14.1 Å². The van der Waals surface area contributed by atoms with Crippen molar-refractivity contribution in [2.45, 2.75) is 21.6 Å². The molecule has 0 atom stereocenters. The van der Waals surface area contributed by atoms with Gasteiger partial charge in [0.05, 0.1) is 22.0 Å². The molecule has 0 spiro atoms. The Morgan fingerprint density at radius 1 is 0.652 bits per heavy atom. The predicted molar refractivity (Wildman–Crippen MR) is 145 cm³/mol. The van der Waals surface area contributed by atoms with E-state index in [1.165, 1.54) is 30.3 Å². The van der Waals surface area contributed by atoms with Gasteiger partial charge in [0.2, 0.25) is 0 Å². The Balaban J connectivity index is 0.00000353. The number of fused-ring (bicyclic) bond motifs is 1. The largest absolute Gasteiger partial charge is 1.00 e. The smallest absolute Gasteiger partial charge is 0.872 e. The first kappa shape index (κ1) is 42.4. The number of azo groups is 2. The molecule has 0 aliphatic heterocycles. The molecule has 0 saturated carbocycles. The van der Waals surface area contributed by atoms with Crippen molar-refractivity contribution in [2.24, 2.45) is 25.4 Å². The monoisotopic (exact) mass is 715 g/mol. The fourth-order valence-corrected chi connectivity index (χ4v) is 5.41. The number of hydrogen-bond donors (Lipinski definition) is 2. The van der Waals surface area contributed by atoms with Crippen LogP contribution in [-0.2, 0) is 30.4 Å². The second-order valence-electron chi connectivity index (χ2n) is 8.53. The van der Waals surface area contributed by atoms with E-state index in [2.05, 4.69) is 25.4 Å². The van der Waals surface area contributed by atoms with Crippen molar-refractivity contribution in [3.63, 3.8) is 0 Å². The van der Waals surface area contributed by atoms with Gasteiger partial charge in [-0.25, -0.2) is 8.42 Å². The molecule has 0 aliphatic carbocycles. The van der Waals surface area contributed by atoms with Crippen molar-refractivity contribution in [3.8, 4) is 5.75 Å². The average Bonchev–Trinajstić information content (AvgIpc) is 2.90. The maximum Gasteiger partial charge on any atom is 1.00 e. The van der Waals surface area contributed by atoms with Crippen molar-refractivity contribution in [3.05, 3.63) is 66.7 Å². The van der Waals surface area contributed by atoms with Gasteiger partial charge < -0.3 is 14.8 Å². The molecule has 0 fully saturated rings. The van der Waals surface area contributed by atoms with Gasteiger partial charge in [0, 0.05) is 5.39 Å². The van der Waals surface area contributed by atoms with Crippen molar-refractivity contribution >= 4 is 75.5 Å². The first-order valence-electron chi connectivity index (χ1n) is 11.4. The molecule has 2 N–H and O–H groups in total. The maximum absolute atomic E-state index is 12.5. The molecular formula is C24H16N5Na3O11S3. The number of benzene rings is 4. The van der Waals surface area contributed by atoms with Crippen LogP contribution in [0, 0.1) is 0 Å². The van der Waals surface area contributed by atoms with E-state index in [1.54, 1.807) is 0 Å². The fraction of sp³-hybridized carbons (Fsp3) is 0.0417. The van der Waals surface area contributed by atoms with Gasteiger partial charge in [0.1, 0.15) is 31.3 Å². The molecule has 0 radical (unpaired) electrons. The van der Waals surface area contributed by atoms with Crippen molar-refractivity contribution < 1.29 is 138 Å². The molecule has 0 aliphatic rings. The summed E-state index contributed by atoms with van der Waals surface area (Å²) in [5, 5.41) is 38.8. The predicted octanol–water partition coefficient (Wildman–Crippen LogP) is -5.44. The van der Waals surface area contributed by atoms with Crippen LogP contribution in [0.4, 0.5) is 28.4 Å². The summed E-state index contributed by atoms with van der Waals surface area (Å²) < 4.78 is 101. The first-order chi connectivity index (χ1) is 19.9. The number of aliphatic imine (C=N–C) groups is 1. The zero-order chi connectivity index (χ0) is 31.7. The Bertz CT molecular complexity index is 2190. The van der Waals surface area contributed by atoms with E-state index in [0.29, 0.717) is 6.07 Å². The third kappa shape index (κ3) is 10.7. The van der Waals surface area contributed by atoms with Crippen LogP contribution >= 0.6 is 0 Å². The van der Waals surface area contributed by atoms with Gasteiger partial charge in [0.25, 0.3) is 20.2 Å². The van der Waals surface area contributed by atoms with E-state index in [1.807, 2.05) is 0 Å². The topological polar surface area (TPSA) is 274 Å². The summed E-state index contributed by atoms with van der Waals surface area (Å²) in [5.74, 6) is -1.44. The summed E-state index contributed by atoms with van der Waals surface area (Å²) in [6.07, 6.45) is 0. The second kappa shape index (κ2) is 16.6. The van der Waals surface area contributed by atoms with E-state index in [-0.39, 0.29) is 117 Å². The van der Waals surface area contributed by atoms with Gasteiger partial charge in [-0.05, 0) is 78.9 Å². The van der Waals surface area contributed by atoms with Gasteiger partial charge in [-0.15, -0.1) is 10.2 Å². The van der Waals surface area contributed by atoms with Crippen LogP contribution in [0.25, 0.3) is 10.8 Å². The molecular weight excluding hydrogens is 699 g/mol. The number of hydrogen-bond acceptors (Lipinski definition) is 14. The van der Waals surface area contributed by atoms with Crippen LogP contribution < -0.4 is 98.9 Å². The van der Waals surface area contributed by atoms with Gasteiger partial charge >= 0.3 is 88.7 Å². The van der Waals surface area contributed by atoms with Crippen LogP contribution in [0.15, 0.2) is 107 Å². The quantitative estimate of drug-likeness (QED) is 0.0571. The van der Waals surface area contributed by atoms with E-state index < -0.39 is 68.1 Å². The fourth-order valence-electron chi connectivity index (χ4n) is 3.65. The van der Waals surface area contributed by atoms with Crippen LogP contribution in [0.3, 0.4) is 0 Å². The summed E-state index contributed by atoms with van der Waals surface area (Å²) in [6, 6.07) is 11.7. The molecule has 16 nitrogen and oxygen atoms in total. The molecule has 0 bridgehead atoms. The van der Waals surface area contributed by atoms with Crippen molar-refractivity contribution in [1.29, 1.82) is 0 Å². The van der Waals surface area contributed by atoms with Gasteiger partial charge in [-0.1, -0.05) is 11.8 Å². The summed E-state index contributed by atoms with van der Waals surface area (Å²) in [5.41, 5.74) is -1.14. The molecule has 46 heavy (non-hydrogen) atoms. The third-order valence-electron chi connectivity index (χ3n) is 5.47. The van der Waals surface area contributed by atoms with E-state index in [0.717, 1.165) is 37.3 Å². The second-order valence-corrected chi connectivity index (χ2v) is 12.7. The van der Waals surface area contributed by atoms with Crippen molar-refractivity contribution in [2.75, 3.05) is 0 Å². The average molecular weight is 716 g/mol. The number of rotatable bonds is 8. The minimum atomic E-state index is -5.07. The minimum absolute atomic E-state index is 0. The Hall–Kier alpha value is -1.66. The summed E-state index contributed by atoms with van der Waals surface area (Å²) in [7, 11) is -14.8. The Morgan fingerprint density at radius 2 is 1.20 bits per heavy atom. The summed E-state index contributed by atoms with van der Waals surface area (Å²) in [6.45, 7) is 1.15. The molecule has 4 rings (SSSR count). The molecule has 0 heterocycles. The van der Waals surface area contributed by atoms with Crippen LogP contribution in [-0.4, -0.2) is 44.8 Å². The van der Waals surface area contributed by atoms with Crippen molar-refractivity contribution in [1.82, 2.24) is 0 Å². The number of nitrogens with zero attached hydrogens (tertiary/aromatic N) is 5. The molecule has 0 unspecified atom stereocenters. The maximum atomic E-state index is 12.5. The first-order valence-corrected chi connectivity index (χ1v) is 15.7. The molecule has 4 aromatic rings. The van der Waals surface area contributed by atoms with E-state index in [4.69, 9.17) is 0 Å². The Kier molecular flexibility index (Phi) is 15.3. The molecule has 22 heteroatoms. The van der Waals surface area contributed by atoms with E-state index >= 15 is 0 Å². The summed E-state index contributed by atoms with van der Waals surface area (Å²) >= 11 is 0. The normalized spacial score (nSPS) is 12.5. The van der Waals surface area contributed by atoms with Crippen LogP contribution in [0.2, 0.25) is 0 Å². The summed E-state index contributed by atoms with van der Waals surface area (Å²) in [4.78, 5) is 1.39. The molecule has 0 amide bonds.